The zero-order valence-corrected chi connectivity index (χ0v) is 12.4. The first-order chi connectivity index (χ1) is 9.49. The minimum absolute atomic E-state index is 0.00969. The molecule has 0 heterocycles. The van der Waals surface area contributed by atoms with Gasteiger partial charge in [-0.3, -0.25) is 4.79 Å². The van der Waals surface area contributed by atoms with Gasteiger partial charge in [0.25, 0.3) is 0 Å². The Bertz CT molecular complexity index is 483. The van der Waals surface area contributed by atoms with Gasteiger partial charge in [0.2, 0.25) is 5.91 Å². The lowest BCUT2D eigenvalue weighted by Gasteiger charge is -2.15. The van der Waals surface area contributed by atoms with E-state index in [1.54, 1.807) is 19.1 Å². The number of unbranched alkanes of at least 4 members (excludes halogenated alkanes) is 1. The third-order valence-corrected chi connectivity index (χ3v) is 3.51. The lowest BCUT2D eigenvalue weighted by atomic mass is 9.98. The first-order valence-electron chi connectivity index (χ1n) is 7.14. The molecule has 0 saturated heterocycles. The SMILES string of the molecule is CCCCC(CC)C(=O)Nc1ccc(C)c(C(=O)O)c1. The monoisotopic (exact) mass is 277 g/mol. The number of carboxylic acid groups (broad SMARTS) is 1. The van der Waals surface area contributed by atoms with Crippen molar-refractivity contribution in [3.8, 4) is 0 Å². The quantitative estimate of drug-likeness (QED) is 0.795. The van der Waals surface area contributed by atoms with E-state index in [9.17, 15) is 9.59 Å². The van der Waals surface area contributed by atoms with Crippen molar-refractivity contribution in [3.05, 3.63) is 29.3 Å². The number of rotatable bonds is 7. The predicted octanol–water partition coefficient (Wildman–Crippen LogP) is 3.85. The molecule has 0 bridgehead atoms. The number of carbonyl (C=O) groups is 2. The fourth-order valence-corrected chi connectivity index (χ4v) is 2.15. The van der Waals surface area contributed by atoms with Crippen LogP contribution in [-0.2, 0) is 4.79 Å². The number of hydrogen-bond acceptors (Lipinski definition) is 2. The first-order valence-corrected chi connectivity index (χ1v) is 7.14. The molecule has 1 aromatic carbocycles. The van der Waals surface area contributed by atoms with Crippen LogP contribution < -0.4 is 5.32 Å². The van der Waals surface area contributed by atoms with E-state index in [-0.39, 0.29) is 17.4 Å². The lowest BCUT2D eigenvalue weighted by Crippen LogP contribution is -2.22. The van der Waals surface area contributed by atoms with Gasteiger partial charge < -0.3 is 10.4 Å². The van der Waals surface area contributed by atoms with E-state index in [2.05, 4.69) is 12.2 Å². The van der Waals surface area contributed by atoms with Gasteiger partial charge in [-0.15, -0.1) is 0 Å². The first kappa shape index (κ1) is 16.2. The number of benzene rings is 1. The second kappa shape index (κ2) is 7.68. The van der Waals surface area contributed by atoms with Crippen LogP contribution in [0, 0.1) is 12.8 Å². The van der Waals surface area contributed by atoms with Gasteiger partial charge in [-0.05, 0) is 37.5 Å². The van der Waals surface area contributed by atoms with Crippen LogP contribution in [-0.4, -0.2) is 17.0 Å². The van der Waals surface area contributed by atoms with Crippen LogP contribution in [0.2, 0.25) is 0 Å². The fraction of sp³-hybridized carbons (Fsp3) is 0.500. The van der Waals surface area contributed by atoms with Gasteiger partial charge in [-0.1, -0.05) is 32.8 Å². The van der Waals surface area contributed by atoms with E-state index in [1.165, 1.54) is 6.07 Å². The summed E-state index contributed by atoms with van der Waals surface area (Å²) in [6.07, 6.45) is 3.76. The number of anilines is 1. The number of carboxylic acids is 1. The maximum Gasteiger partial charge on any atom is 0.336 e. The highest BCUT2D eigenvalue weighted by atomic mass is 16.4. The van der Waals surface area contributed by atoms with Crippen molar-refractivity contribution in [2.45, 2.75) is 46.5 Å². The van der Waals surface area contributed by atoms with Crippen LogP contribution in [0.15, 0.2) is 18.2 Å². The van der Waals surface area contributed by atoms with Gasteiger partial charge in [-0.25, -0.2) is 4.79 Å². The summed E-state index contributed by atoms with van der Waals surface area (Å²) < 4.78 is 0. The molecule has 1 amide bonds. The van der Waals surface area contributed by atoms with Crippen LogP contribution >= 0.6 is 0 Å². The fourth-order valence-electron chi connectivity index (χ4n) is 2.15. The number of aryl methyl sites for hydroxylation is 1. The molecule has 0 aliphatic rings. The van der Waals surface area contributed by atoms with Crippen LogP contribution in [0.4, 0.5) is 5.69 Å². The second-order valence-corrected chi connectivity index (χ2v) is 5.07. The molecule has 20 heavy (non-hydrogen) atoms. The van der Waals surface area contributed by atoms with E-state index in [0.717, 1.165) is 25.7 Å². The zero-order valence-electron chi connectivity index (χ0n) is 12.4. The number of carbonyl (C=O) groups excluding carboxylic acids is 1. The molecule has 2 N–H and O–H groups in total. The molecule has 0 aromatic heterocycles. The van der Waals surface area contributed by atoms with Gasteiger partial charge in [-0.2, -0.15) is 0 Å². The molecule has 4 nitrogen and oxygen atoms in total. The number of nitrogens with one attached hydrogen (secondary N) is 1. The molecule has 1 unspecified atom stereocenters. The molecular formula is C16H23NO3. The molecule has 0 fully saturated rings. The van der Waals surface area contributed by atoms with E-state index < -0.39 is 5.97 Å². The highest BCUT2D eigenvalue weighted by Gasteiger charge is 2.16. The van der Waals surface area contributed by atoms with Crippen LogP contribution in [0.3, 0.4) is 0 Å². The largest absolute Gasteiger partial charge is 0.478 e. The summed E-state index contributed by atoms with van der Waals surface area (Å²) in [5.74, 6) is -1.01. The standard InChI is InChI=1S/C16H23NO3/c1-4-6-7-12(5-2)15(18)17-13-9-8-11(3)14(10-13)16(19)20/h8-10,12H,4-7H2,1-3H3,(H,17,18)(H,19,20). The molecule has 0 aliphatic heterocycles. The average Bonchev–Trinajstić information content (AvgIpc) is 2.41. The van der Waals surface area contributed by atoms with Crippen LogP contribution in [0.5, 0.6) is 0 Å². The van der Waals surface area contributed by atoms with Crippen molar-refractivity contribution in [1.29, 1.82) is 0 Å². The van der Waals surface area contributed by atoms with Crippen LogP contribution in [0.1, 0.15) is 55.5 Å². The van der Waals surface area contributed by atoms with Crippen molar-refractivity contribution in [3.63, 3.8) is 0 Å². The van der Waals surface area contributed by atoms with Crippen LogP contribution in [0.25, 0.3) is 0 Å². The number of hydrogen-bond donors (Lipinski definition) is 2. The van der Waals surface area contributed by atoms with E-state index in [1.807, 2.05) is 6.92 Å². The molecular weight excluding hydrogens is 254 g/mol. The third-order valence-electron chi connectivity index (χ3n) is 3.51. The molecule has 1 rings (SSSR count). The maximum atomic E-state index is 12.2. The molecule has 110 valence electrons. The van der Waals surface area contributed by atoms with Gasteiger partial charge in [0.05, 0.1) is 5.56 Å². The van der Waals surface area contributed by atoms with Crippen molar-refractivity contribution in [2.75, 3.05) is 5.32 Å². The minimum atomic E-state index is -0.975. The summed E-state index contributed by atoms with van der Waals surface area (Å²) in [5, 5.41) is 11.9. The lowest BCUT2D eigenvalue weighted by molar-refractivity contribution is -0.120. The highest BCUT2D eigenvalue weighted by molar-refractivity contribution is 5.95. The summed E-state index contributed by atoms with van der Waals surface area (Å²) >= 11 is 0. The molecule has 0 saturated carbocycles. The van der Waals surface area contributed by atoms with Crippen molar-refractivity contribution < 1.29 is 14.7 Å². The predicted molar refractivity (Wildman–Crippen MR) is 80.1 cm³/mol. The smallest absolute Gasteiger partial charge is 0.336 e. The Balaban J connectivity index is 2.79. The Morgan fingerprint density at radius 2 is 2.00 bits per heavy atom. The molecule has 4 heteroatoms. The summed E-state index contributed by atoms with van der Waals surface area (Å²) in [6.45, 7) is 5.84. The normalized spacial score (nSPS) is 11.9. The van der Waals surface area contributed by atoms with Crippen molar-refractivity contribution in [1.82, 2.24) is 0 Å². The number of amides is 1. The summed E-state index contributed by atoms with van der Waals surface area (Å²) in [5.41, 5.74) is 1.46. The Morgan fingerprint density at radius 3 is 2.55 bits per heavy atom. The van der Waals surface area contributed by atoms with Crippen molar-refractivity contribution >= 4 is 17.6 Å². The number of aromatic carboxylic acids is 1. The zero-order chi connectivity index (χ0) is 15.1. The third kappa shape index (κ3) is 4.37. The topological polar surface area (TPSA) is 66.4 Å². The van der Waals surface area contributed by atoms with E-state index >= 15 is 0 Å². The molecule has 0 spiro atoms. The molecule has 0 radical (unpaired) electrons. The Kier molecular flexibility index (Phi) is 6.22. The Morgan fingerprint density at radius 1 is 1.30 bits per heavy atom. The summed E-state index contributed by atoms with van der Waals surface area (Å²) in [4.78, 5) is 23.2. The average molecular weight is 277 g/mol. The molecule has 0 aliphatic carbocycles. The van der Waals surface area contributed by atoms with Crippen molar-refractivity contribution in [2.24, 2.45) is 5.92 Å². The maximum absolute atomic E-state index is 12.2. The Hall–Kier alpha value is -1.84. The summed E-state index contributed by atoms with van der Waals surface area (Å²) in [7, 11) is 0. The second-order valence-electron chi connectivity index (χ2n) is 5.07. The van der Waals surface area contributed by atoms with Gasteiger partial charge in [0, 0.05) is 11.6 Å². The van der Waals surface area contributed by atoms with Gasteiger partial charge >= 0.3 is 5.97 Å². The molecule has 1 atom stereocenters. The minimum Gasteiger partial charge on any atom is -0.478 e. The summed E-state index contributed by atoms with van der Waals surface area (Å²) in [6, 6.07) is 4.97. The molecule has 1 aromatic rings. The van der Waals surface area contributed by atoms with Gasteiger partial charge in [0.15, 0.2) is 0 Å². The van der Waals surface area contributed by atoms with E-state index in [0.29, 0.717) is 11.3 Å². The highest BCUT2D eigenvalue weighted by Crippen LogP contribution is 2.19. The van der Waals surface area contributed by atoms with Gasteiger partial charge in [0.1, 0.15) is 0 Å². The van der Waals surface area contributed by atoms with E-state index in [4.69, 9.17) is 5.11 Å². The Labute approximate surface area is 120 Å².